The van der Waals surface area contributed by atoms with Crippen LogP contribution < -0.4 is 10.2 Å². The molecule has 1 aliphatic heterocycles. The smallest absolute Gasteiger partial charge is 0.245 e. The predicted octanol–water partition coefficient (Wildman–Crippen LogP) is 2.25. The van der Waals surface area contributed by atoms with E-state index in [-0.39, 0.29) is 0 Å². The van der Waals surface area contributed by atoms with Crippen LogP contribution in [0.25, 0.3) is 5.65 Å². The van der Waals surface area contributed by atoms with Gasteiger partial charge in [0.05, 0.1) is 0 Å². The van der Waals surface area contributed by atoms with Crippen molar-refractivity contribution in [1.29, 1.82) is 0 Å². The lowest BCUT2D eigenvalue weighted by atomic mass is 9.97. The molecule has 0 unspecified atom stereocenters. The molecule has 2 aromatic rings. The third-order valence-corrected chi connectivity index (χ3v) is 4.20. The number of pyridine rings is 1. The summed E-state index contributed by atoms with van der Waals surface area (Å²) in [7, 11) is 0. The van der Waals surface area contributed by atoms with Gasteiger partial charge >= 0.3 is 0 Å². The zero-order valence-corrected chi connectivity index (χ0v) is 13.0. The summed E-state index contributed by atoms with van der Waals surface area (Å²) in [4.78, 5) is 7.08. The number of hydrogen-bond donors (Lipinski definition) is 1. The lowest BCUT2D eigenvalue weighted by Crippen LogP contribution is -2.37. The molecule has 1 aliphatic rings. The van der Waals surface area contributed by atoms with Crippen molar-refractivity contribution in [3.63, 3.8) is 0 Å². The SMILES string of the molecule is CCCN(CC1CCNCC1)c1nc2cc(C)ccn2n1. The lowest BCUT2D eigenvalue weighted by Gasteiger charge is -2.29. The van der Waals surface area contributed by atoms with Crippen LogP contribution in [0.2, 0.25) is 0 Å². The van der Waals surface area contributed by atoms with Crippen molar-refractivity contribution in [1.82, 2.24) is 19.9 Å². The highest BCUT2D eigenvalue weighted by Crippen LogP contribution is 2.18. The Morgan fingerprint density at radius 3 is 2.95 bits per heavy atom. The van der Waals surface area contributed by atoms with Crippen molar-refractivity contribution in [2.45, 2.75) is 33.1 Å². The van der Waals surface area contributed by atoms with Crippen molar-refractivity contribution in [3.05, 3.63) is 23.9 Å². The Labute approximate surface area is 126 Å². The summed E-state index contributed by atoms with van der Waals surface area (Å²) in [6.45, 7) is 8.69. The Morgan fingerprint density at radius 1 is 1.38 bits per heavy atom. The molecule has 5 heteroatoms. The largest absolute Gasteiger partial charge is 0.339 e. The molecule has 0 amide bonds. The maximum absolute atomic E-state index is 4.72. The molecule has 0 aromatic carbocycles. The summed E-state index contributed by atoms with van der Waals surface area (Å²) < 4.78 is 1.88. The molecule has 2 aromatic heterocycles. The minimum absolute atomic E-state index is 0.756. The molecule has 21 heavy (non-hydrogen) atoms. The van der Waals surface area contributed by atoms with Gasteiger partial charge in [-0.05, 0) is 62.9 Å². The summed E-state index contributed by atoms with van der Waals surface area (Å²) in [6.07, 6.45) is 5.63. The zero-order valence-electron chi connectivity index (χ0n) is 13.0. The van der Waals surface area contributed by atoms with Crippen molar-refractivity contribution in [2.24, 2.45) is 5.92 Å². The average molecular weight is 287 g/mol. The number of aryl methyl sites for hydroxylation is 1. The summed E-state index contributed by atoms with van der Waals surface area (Å²) in [6, 6.07) is 4.16. The number of anilines is 1. The van der Waals surface area contributed by atoms with E-state index >= 15 is 0 Å². The molecule has 1 fully saturated rings. The van der Waals surface area contributed by atoms with E-state index in [2.05, 4.69) is 41.3 Å². The van der Waals surface area contributed by atoms with Gasteiger partial charge in [-0.1, -0.05) is 6.92 Å². The molecular weight excluding hydrogens is 262 g/mol. The molecule has 0 saturated carbocycles. The van der Waals surface area contributed by atoms with E-state index < -0.39 is 0 Å². The first-order chi connectivity index (χ1) is 10.3. The maximum atomic E-state index is 4.72. The molecule has 0 atom stereocenters. The topological polar surface area (TPSA) is 45.5 Å². The van der Waals surface area contributed by atoms with Crippen LogP contribution in [0, 0.1) is 12.8 Å². The molecule has 114 valence electrons. The molecule has 1 N–H and O–H groups in total. The van der Waals surface area contributed by atoms with Crippen LogP contribution in [-0.2, 0) is 0 Å². The Hall–Kier alpha value is -1.62. The van der Waals surface area contributed by atoms with Crippen molar-refractivity contribution in [2.75, 3.05) is 31.1 Å². The van der Waals surface area contributed by atoms with E-state index in [9.17, 15) is 0 Å². The van der Waals surface area contributed by atoms with Crippen LogP contribution in [-0.4, -0.2) is 40.8 Å². The normalized spacial score (nSPS) is 16.5. The summed E-state index contributed by atoms with van der Waals surface area (Å²) in [5.74, 6) is 1.63. The monoisotopic (exact) mass is 287 g/mol. The summed E-state index contributed by atoms with van der Waals surface area (Å²) in [5, 5.41) is 8.09. The van der Waals surface area contributed by atoms with E-state index in [1.165, 1.54) is 18.4 Å². The third-order valence-electron chi connectivity index (χ3n) is 4.20. The van der Waals surface area contributed by atoms with E-state index in [1.807, 2.05) is 10.7 Å². The van der Waals surface area contributed by atoms with Gasteiger partial charge in [0.2, 0.25) is 5.95 Å². The van der Waals surface area contributed by atoms with E-state index in [0.29, 0.717) is 0 Å². The van der Waals surface area contributed by atoms with E-state index in [4.69, 9.17) is 4.98 Å². The van der Waals surface area contributed by atoms with Crippen molar-refractivity contribution < 1.29 is 0 Å². The van der Waals surface area contributed by atoms with Gasteiger partial charge in [0.25, 0.3) is 0 Å². The van der Waals surface area contributed by atoms with Gasteiger partial charge in [0.15, 0.2) is 5.65 Å². The minimum atomic E-state index is 0.756. The second-order valence-electron chi connectivity index (χ2n) is 6.06. The first-order valence-electron chi connectivity index (χ1n) is 8.05. The Balaban J connectivity index is 1.80. The highest BCUT2D eigenvalue weighted by atomic mass is 15.4. The molecule has 0 spiro atoms. The van der Waals surface area contributed by atoms with Gasteiger partial charge < -0.3 is 10.2 Å². The zero-order chi connectivity index (χ0) is 14.7. The number of piperidine rings is 1. The quantitative estimate of drug-likeness (QED) is 0.916. The number of hydrogen-bond acceptors (Lipinski definition) is 4. The van der Waals surface area contributed by atoms with Crippen LogP contribution in [0.3, 0.4) is 0 Å². The van der Waals surface area contributed by atoms with E-state index in [0.717, 1.165) is 50.1 Å². The third kappa shape index (κ3) is 3.35. The average Bonchev–Trinajstić information content (AvgIpc) is 2.91. The highest BCUT2D eigenvalue weighted by molar-refractivity contribution is 5.46. The van der Waals surface area contributed by atoms with E-state index in [1.54, 1.807) is 0 Å². The fraction of sp³-hybridized carbons (Fsp3) is 0.625. The van der Waals surface area contributed by atoms with Gasteiger partial charge in [-0.25, -0.2) is 4.52 Å². The molecule has 0 aliphatic carbocycles. The lowest BCUT2D eigenvalue weighted by molar-refractivity contribution is 0.372. The molecule has 3 rings (SSSR count). The second-order valence-corrected chi connectivity index (χ2v) is 6.06. The molecule has 5 nitrogen and oxygen atoms in total. The fourth-order valence-electron chi connectivity index (χ4n) is 3.02. The molecule has 0 radical (unpaired) electrons. The summed E-state index contributed by atoms with van der Waals surface area (Å²) in [5.41, 5.74) is 2.17. The Bertz CT molecular complexity index is 585. The molecule has 1 saturated heterocycles. The van der Waals surface area contributed by atoms with Gasteiger partial charge in [-0.2, -0.15) is 4.98 Å². The fourth-order valence-corrected chi connectivity index (χ4v) is 3.02. The van der Waals surface area contributed by atoms with Crippen LogP contribution in [0.15, 0.2) is 18.3 Å². The Kier molecular flexibility index (Phi) is 4.39. The number of fused-ring (bicyclic) bond motifs is 1. The highest BCUT2D eigenvalue weighted by Gasteiger charge is 2.19. The molecule has 0 bridgehead atoms. The van der Waals surface area contributed by atoms with Crippen LogP contribution in [0.1, 0.15) is 31.7 Å². The predicted molar refractivity (Wildman–Crippen MR) is 85.8 cm³/mol. The van der Waals surface area contributed by atoms with Crippen LogP contribution in [0.4, 0.5) is 5.95 Å². The van der Waals surface area contributed by atoms with Crippen LogP contribution in [0.5, 0.6) is 0 Å². The van der Waals surface area contributed by atoms with Gasteiger partial charge in [-0.15, -0.1) is 5.10 Å². The number of nitrogens with zero attached hydrogens (tertiary/aromatic N) is 4. The maximum Gasteiger partial charge on any atom is 0.245 e. The van der Waals surface area contributed by atoms with Gasteiger partial charge in [0.1, 0.15) is 0 Å². The standard InChI is InChI=1S/C16H25N5/c1-3-9-20(12-14-4-7-17-8-5-14)16-18-15-11-13(2)6-10-21(15)19-16/h6,10-11,14,17H,3-5,7-9,12H2,1-2H3. The number of nitrogens with one attached hydrogen (secondary N) is 1. The van der Waals surface area contributed by atoms with Gasteiger partial charge in [-0.3, -0.25) is 0 Å². The summed E-state index contributed by atoms with van der Waals surface area (Å²) >= 11 is 0. The number of aromatic nitrogens is 3. The first kappa shape index (κ1) is 14.3. The molecular formula is C16H25N5. The van der Waals surface area contributed by atoms with Crippen molar-refractivity contribution in [3.8, 4) is 0 Å². The number of rotatable bonds is 5. The molecule has 3 heterocycles. The second kappa shape index (κ2) is 6.43. The van der Waals surface area contributed by atoms with Crippen LogP contribution >= 0.6 is 0 Å². The van der Waals surface area contributed by atoms with Crippen molar-refractivity contribution >= 4 is 11.6 Å². The first-order valence-corrected chi connectivity index (χ1v) is 8.05. The Morgan fingerprint density at radius 2 is 2.19 bits per heavy atom. The van der Waals surface area contributed by atoms with Gasteiger partial charge in [0, 0.05) is 19.3 Å². The minimum Gasteiger partial charge on any atom is -0.339 e.